The molecule has 0 saturated carbocycles. The van der Waals surface area contributed by atoms with Crippen molar-refractivity contribution in [1.82, 2.24) is 10.3 Å². The maximum atomic E-state index is 12.9. The molecule has 224 valence electrons. The van der Waals surface area contributed by atoms with Crippen LogP contribution in [0, 0.1) is 5.92 Å². The standard InChI is InChI=1S/C33H32F3N3O4/c34-33(35,36)26-10-8-25(9-11-26)21-43-39-29(19-23-5-2-1-3-6-23)27-12-13-30(32-28(27)7-4-16-37-32)42-22-31(40)38-20-24-14-17-41-18-15-24/h1-13,16,24H,14-15,17-22H2,(H,38,40)/b39-29-. The normalized spacial score (nSPS) is 14.4. The van der Waals surface area contributed by atoms with Crippen LogP contribution in [0.4, 0.5) is 13.2 Å². The Morgan fingerprint density at radius 2 is 1.72 bits per heavy atom. The fourth-order valence-corrected chi connectivity index (χ4v) is 4.86. The topological polar surface area (TPSA) is 82.0 Å². The molecule has 1 aliphatic rings. The SMILES string of the molecule is O=C(COc1ccc(/C(Cc2ccccc2)=N\OCc2ccc(C(F)(F)F)cc2)c2cccnc12)NCC1CCOCC1. The Balaban J connectivity index is 1.33. The van der Waals surface area contributed by atoms with E-state index >= 15 is 0 Å². The molecule has 4 aromatic rings. The van der Waals surface area contributed by atoms with E-state index < -0.39 is 11.7 Å². The van der Waals surface area contributed by atoms with Gasteiger partial charge in [-0.1, -0.05) is 53.7 Å². The summed E-state index contributed by atoms with van der Waals surface area (Å²) < 4.78 is 50.1. The second kappa shape index (κ2) is 14.2. The van der Waals surface area contributed by atoms with E-state index in [1.807, 2.05) is 42.5 Å². The first-order chi connectivity index (χ1) is 20.9. The lowest BCUT2D eigenvalue weighted by molar-refractivity contribution is -0.137. The van der Waals surface area contributed by atoms with Crippen molar-refractivity contribution in [2.75, 3.05) is 26.4 Å². The molecule has 1 aliphatic heterocycles. The number of alkyl halides is 3. The van der Waals surface area contributed by atoms with Gasteiger partial charge in [0, 0.05) is 43.3 Å². The summed E-state index contributed by atoms with van der Waals surface area (Å²) in [6.45, 7) is 1.88. The van der Waals surface area contributed by atoms with Gasteiger partial charge in [-0.2, -0.15) is 13.2 Å². The van der Waals surface area contributed by atoms with E-state index in [9.17, 15) is 18.0 Å². The molecule has 0 aliphatic carbocycles. The number of nitrogens with zero attached hydrogens (tertiary/aromatic N) is 2. The number of benzene rings is 3. The molecule has 0 unspecified atom stereocenters. The van der Waals surface area contributed by atoms with E-state index in [2.05, 4.69) is 15.5 Å². The van der Waals surface area contributed by atoms with Gasteiger partial charge in [-0.25, -0.2) is 0 Å². The number of ether oxygens (including phenoxy) is 2. The molecule has 0 bridgehead atoms. The summed E-state index contributed by atoms with van der Waals surface area (Å²) in [5.41, 5.74) is 2.77. The number of hydrogen-bond donors (Lipinski definition) is 1. The fraction of sp³-hybridized carbons (Fsp3) is 0.303. The van der Waals surface area contributed by atoms with Crippen LogP contribution in [-0.2, 0) is 33.6 Å². The van der Waals surface area contributed by atoms with Gasteiger partial charge in [-0.05, 0) is 60.2 Å². The second-order valence-corrected chi connectivity index (χ2v) is 10.3. The number of rotatable bonds is 11. The molecule has 2 heterocycles. The Bertz CT molecular complexity index is 1540. The molecule has 1 fully saturated rings. The Hall–Kier alpha value is -4.44. The Kier molecular flexibility index (Phi) is 9.88. The van der Waals surface area contributed by atoms with Crippen LogP contribution < -0.4 is 10.1 Å². The first-order valence-corrected chi connectivity index (χ1v) is 14.1. The number of fused-ring (bicyclic) bond motifs is 1. The smallest absolute Gasteiger partial charge is 0.416 e. The van der Waals surface area contributed by atoms with Gasteiger partial charge in [-0.3, -0.25) is 9.78 Å². The number of carbonyl (C=O) groups excluding carboxylic acids is 1. The summed E-state index contributed by atoms with van der Waals surface area (Å²) >= 11 is 0. The number of aromatic nitrogens is 1. The van der Waals surface area contributed by atoms with Crippen LogP contribution in [0.15, 0.2) is 90.2 Å². The predicted molar refractivity (Wildman–Crippen MR) is 157 cm³/mol. The van der Waals surface area contributed by atoms with Gasteiger partial charge in [0.05, 0.1) is 11.3 Å². The van der Waals surface area contributed by atoms with Crippen LogP contribution in [0.2, 0.25) is 0 Å². The molecule has 1 N–H and O–H groups in total. The first kappa shape index (κ1) is 30.0. The number of hydrogen-bond acceptors (Lipinski definition) is 6. The molecular weight excluding hydrogens is 559 g/mol. The average Bonchev–Trinajstić information content (AvgIpc) is 3.03. The van der Waals surface area contributed by atoms with Gasteiger partial charge < -0.3 is 19.6 Å². The van der Waals surface area contributed by atoms with Gasteiger partial charge in [0.2, 0.25) is 0 Å². The molecule has 0 atom stereocenters. The van der Waals surface area contributed by atoms with E-state index in [1.165, 1.54) is 12.1 Å². The van der Waals surface area contributed by atoms with Crippen molar-refractivity contribution in [2.24, 2.45) is 11.1 Å². The minimum Gasteiger partial charge on any atom is -0.481 e. The van der Waals surface area contributed by atoms with Gasteiger partial charge in [0.25, 0.3) is 5.91 Å². The number of nitrogens with one attached hydrogen (secondary N) is 1. The van der Waals surface area contributed by atoms with E-state index in [0.29, 0.717) is 41.4 Å². The lowest BCUT2D eigenvalue weighted by Crippen LogP contribution is -2.35. The van der Waals surface area contributed by atoms with Crippen LogP contribution >= 0.6 is 0 Å². The van der Waals surface area contributed by atoms with Crippen molar-refractivity contribution in [3.63, 3.8) is 0 Å². The molecule has 43 heavy (non-hydrogen) atoms. The van der Waals surface area contributed by atoms with Crippen molar-refractivity contribution >= 4 is 22.5 Å². The van der Waals surface area contributed by atoms with Gasteiger partial charge in [0.15, 0.2) is 6.61 Å². The number of carbonyl (C=O) groups is 1. The monoisotopic (exact) mass is 591 g/mol. The fourth-order valence-electron chi connectivity index (χ4n) is 4.86. The average molecular weight is 592 g/mol. The molecule has 1 saturated heterocycles. The highest BCUT2D eigenvalue weighted by molar-refractivity contribution is 6.11. The molecule has 1 aromatic heterocycles. The highest BCUT2D eigenvalue weighted by Crippen LogP contribution is 2.30. The highest BCUT2D eigenvalue weighted by atomic mass is 19.4. The van der Waals surface area contributed by atoms with E-state index in [0.717, 1.165) is 54.7 Å². The molecule has 7 nitrogen and oxygen atoms in total. The zero-order valence-electron chi connectivity index (χ0n) is 23.5. The first-order valence-electron chi connectivity index (χ1n) is 14.1. The maximum absolute atomic E-state index is 12.9. The lowest BCUT2D eigenvalue weighted by Gasteiger charge is -2.22. The molecule has 5 rings (SSSR count). The third-order valence-corrected chi connectivity index (χ3v) is 7.23. The molecule has 0 spiro atoms. The van der Waals surface area contributed by atoms with Gasteiger partial charge in [-0.15, -0.1) is 0 Å². The summed E-state index contributed by atoms with van der Waals surface area (Å²) in [5, 5.41) is 8.13. The van der Waals surface area contributed by atoms with Crippen LogP contribution in [0.3, 0.4) is 0 Å². The zero-order valence-corrected chi connectivity index (χ0v) is 23.5. The van der Waals surface area contributed by atoms with Gasteiger partial charge >= 0.3 is 6.18 Å². The summed E-state index contributed by atoms with van der Waals surface area (Å²) in [6.07, 6.45) is -0.456. The Morgan fingerprint density at radius 3 is 2.47 bits per heavy atom. The largest absolute Gasteiger partial charge is 0.481 e. The zero-order chi connectivity index (χ0) is 30.1. The van der Waals surface area contributed by atoms with Crippen molar-refractivity contribution in [3.05, 3.63) is 107 Å². The maximum Gasteiger partial charge on any atom is 0.416 e. The molecular formula is C33H32F3N3O4. The number of amides is 1. The minimum absolute atomic E-state index is 0.00318. The molecule has 10 heteroatoms. The Morgan fingerprint density at radius 1 is 0.953 bits per heavy atom. The van der Waals surface area contributed by atoms with Crippen molar-refractivity contribution in [1.29, 1.82) is 0 Å². The third-order valence-electron chi connectivity index (χ3n) is 7.23. The lowest BCUT2D eigenvalue weighted by atomic mass is 9.98. The predicted octanol–water partition coefficient (Wildman–Crippen LogP) is 6.34. The number of pyridine rings is 1. The Labute approximate surface area is 247 Å². The van der Waals surface area contributed by atoms with E-state index in [4.69, 9.17) is 14.3 Å². The van der Waals surface area contributed by atoms with Crippen LogP contribution in [0.5, 0.6) is 5.75 Å². The van der Waals surface area contributed by atoms with Crippen LogP contribution in [0.1, 0.15) is 35.1 Å². The third kappa shape index (κ3) is 8.32. The van der Waals surface area contributed by atoms with Crippen molar-refractivity contribution < 1.29 is 32.3 Å². The summed E-state index contributed by atoms with van der Waals surface area (Å²) in [5.74, 6) is 0.663. The van der Waals surface area contributed by atoms with Crippen molar-refractivity contribution in [2.45, 2.75) is 32.0 Å². The molecule has 3 aromatic carbocycles. The van der Waals surface area contributed by atoms with E-state index in [1.54, 1.807) is 18.3 Å². The van der Waals surface area contributed by atoms with Crippen LogP contribution in [0.25, 0.3) is 10.9 Å². The second-order valence-electron chi connectivity index (χ2n) is 10.3. The summed E-state index contributed by atoms with van der Waals surface area (Å²) in [6, 6.07) is 21.8. The highest BCUT2D eigenvalue weighted by Gasteiger charge is 2.30. The quantitative estimate of drug-likeness (QED) is 0.163. The summed E-state index contributed by atoms with van der Waals surface area (Å²) in [7, 11) is 0. The van der Waals surface area contributed by atoms with Gasteiger partial charge in [0.1, 0.15) is 17.9 Å². The number of oxime groups is 1. The molecule has 1 amide bonds. The molecule has 0 radical (unpaired) electrons. The van der Waals surface area contributed by atoms with Crippen molar-refractivity contribution in [3.8, 4) is 5.75 Å². The minimum atomic E-state index is -4.40. The van der Waals surface area contributed by atoms with Crippen LogP contribution in [-0.4, -0.2) is 43.0 Å². The number of halogens is 3. The summed E-state index contributed by atoms with van der Waals surface area (Å²) in [4.78, 5) is 22.7. The van der Waals surface area contributed by atoms with E-state index in [-0.39, 0.29) is 19.1 Å².